The van der Waals surface area contributed by atoms with Crippen molar-refractivity contribution in [3.63, 3.8) is 0 Å². The Morgan fingerprint density at radius 1 is 1.19 bits per heavy atom. The van der Waals surface area contributed by atoms with Crippen LogP contribution in [0.5, 0.6) is 11.6 Å². The first-order valence-corrected chi connectivity index (χ1v) is 9.17. The van der Waals surface area contributed by atoms with Crippen molar-refractivity contribution >= 4 is 33.4 Å². The van der Waals surface area contributed by atoms with E-state index in [1.54, 1.807) is 12.1 Å². The predicted octanol–water partition coefficient (Wildman–Crippen LogP) is 4.13. The maximum atomic E-state index is 11.9. The predicted molar refractivity (Wildman–Crippen MR) is 104 cm³/mol. The number of rotatable bonds is 8. The molecule has 26 heavy (non-hydrogen) atoms. The number of hydrogen-bond donors (Lipinski definition) is 2. The van der Waals surface area contributed by atoms with Crippen LogP contribution in [0.2, 0.25) is 0 Å². The molecule has 2 aromatic rings. The van der Waals surface area contributed by atoms with Gasteiger partial charge < -0.3 is 15.4 Å². The summed E-state index contributed by atoms with van der Waals surface area (Å²) in [6.07, 6.45) is 2.73. The average molecular weight is 420 g/mol. The van der Waals surface area contributed by atoms with Gasteiger partial charge in [-0.1, -0.05) is 35.8 Å². The monoisotopic (exact) mass is 419 g/mol. The molecular formula is C19H22BrN3O3. The molecule has 0 atom stereocenters. The van der Waals surface area contributed by atoms with Crippen LogP contribution in [-0.2, 0) is 9.59 Å². The number of nitrogens with one attached hydrogen (secondary N) is 2. The van der Waals surface area contributed by atoms with Gasteiger partial charge in [0.2, 0.25) is 17.7 Å². The van der Waals surface area contributed by atoms with Crippen LogP contribution >= 0.6 is 15.9 Å². The normalized spacial score (nSPS) is 10.5. The molecule has 0 fully saturated rings. The van der Waals surface area contributed by atoms with E-state index in [0.717, 1.165) is 10.9 Å². The summed E-state index contributed by atoms with van der Waals surface area (Å²) in [5.74, 6) is 1.12. The second kappa shape index (κ2) is 9.91. The molecule has 2 rings (SSSR count). The number of carbonyl (C=O) groups is 2. The molecule has 0 aliphatic heterocycles. The summed E-state index contributed by atoms with van der Waals surface area (Å²) in [5, 5.41) is 5.29. The standard InChI is InChI=1S/C19H22BrN3O3/c1-13(2)6-8-17(24)21-12-18(25)23-15-7-9-19(22-11-15)26-16-5-3-4-14(20)10-16/h3-5,7,9-11,13H,6,8,12H2,1-2H3,(H,21,24)(H,23,25). The first-order valence-electron chi connectivity index (χ1n) is 8.38. The fourth-order valence-electron chi connectivity index (χ4n) is 2.06. The van der Waals surface area contributed by atoms with Crippen molar-refractivity contribution in [2.75, 3.05) is 11.9 Å². The third-order valence-corrected chi connectivity index (χ3v) is 3.93. The molecule has 0 unspecified atom stereocenters. The summed E-state index contributed by atoms with van der Waals surface area (Å²) in [6, 6.07) is 10.8. The van der Waals surface area contributed by atoms with E-state index in [1.807, 2.05) is 24.3 Å². The molecule has 1 aromatic heterocycles. The van der Waals surface area contributed by atoms with Crippen LogP contribution in [0, 0.1) is 5.92 Å². The average Bonchev–Trinajstić information content (AvgIpc) is 2.60. The number of aromatic nitrogens is 1. The highest BCUT2D eigenvalue weighted by Crippen LogP contribution is 2.23. The molecule has 1 heterocycles. The quantitative estimate of drug-likeness (QED) is 0.673. The van der Waals surface area contributed by atoms with Gasteiger partial charge in [-0.25, -0.2) is 4.98 Å². The van der Waals surface area contributed by atoms with Gasteiger partial charge >= 0.3 is 0 Å². The fourth-order valence-corrected chi connectivity index (χ4v) is 2.44. The lowest BCUT2D eigenvalue weighted by molar-refractivity contribution is -0.124. The Labute approximate surface area is 161 Å². The van der Waals surface area contributed by atoms with Crippen LogP contribution in [-0.4, -0.2) is 23.3 Å². The van der Waals surface area contributed by atoms with E-state index in [1.165, 1.54) is 6.20 Å². The third kappa shape index (κ3) is 7.23. The van der Waals surface area contributed by atoms with Crippen LogP contribution in [0.1, 0.15) is 26.7 Å². The minimum absolute atomic E-state index is 0.0623. The number of pyridine rings is 1. The molecule has 138 valence electrons. The zero-order chi connectivity index (χ0) is 18.9. The minimum atomic E-state index is -0.301. The molecule has 7 heteroatoms. The molecule has 0 aliphatic carbocycles. The van der Waals surface area contributed by atoms with E-state index in [0.29, 0.717) is 29.7 Å². The molecule has 6 nitrogen and oxygen atoms in total. The van der Waals surface area contributed by atoms with Gasteiger partial charge in [-0.3, -0.25) is 9.59 Å². The van der Waals surface area contributed by atoms with Crippen LogP contribution in [0.25, 0.3) is 0 Å². The first kappa shape index (κ1) is 19.9. The van der Waals surface area contributed by atoms with Crippen LogP contribution in [0.3, 0.4) is 0 Å². The second-order valence-electron chi connectivity index (χ2n) is 6.20. The Morgan fingerprint density at radius 2 is 2.00 bits per heavy atom. The largest absolute Gasteiger partial charge is 0.439 e. The maximum absolute atomic E-state index is 11.9. The number of anilines is 1. The number of amides is 2. The molecule has 0 saturated carbocycles. The van der Waals surface area contributed by atoms with E-state index < -0.39 is 0 Å². The van der Waals surface area contributed by atoms with Gasteiger partial charge in [0.25, 0.3) is 0 Å². The van der Waals surface area contributed by atoms with Crippen molar-refractivity contribution in [1.82, 2.24) is 10.3 Å². The molecule has 0 radical (unpaired) electrons. The Hall–Kier alpha value is -2.41. The number of carbonyl (C=O) groups excluding carboxylic acids is 2. The highest BCUT2D eigenvalue weighted by molar-refractivity contribution is 9.10. The first-order chi connectivity index (χ1) is 12.4. The highest BCUT2D eigenvalue weighted by atomic mass is 79.9. The van der Waals surface area contributed by atoms with Crippen LogP contribution in [0.15, 0.2) is 47.1 Å². The Balaban J connectivity index is 1.79. The lowest BCUT2D eigenvalue weighted by atomic mass is 10.1. The van der Waals surface area contributed by atoms with Crippen molar-refractivity contribution in [2.24, 2.45) is 5.92 Å². The number of ether oxygens (including phenoxy) is 1. The van der Waals surface area contributed by atoms with E-state index in [-0.39, 0.29) is 18.4 Å². The zero-order valence-electron chi connectivity index (χ0n) is 14.8. The fraction of sp³-hybridized carbons (Fsp3) is 0.316. The molecule has 0 saturated heterocycles. The Bertz CT molecular complexity index is 748. The van der Waals surface area contributed by atoms with Crippen molar-refractivity contribution in [1.29, 1.82) is 0 Å². The van der Waals surface area contributed by atoms with Gasteiger partial charge in [-0.2, -0.15) is 0 Å². The van der Waals surface area contributed by atoms with Crippen molar-refractivity contribution in [3.8, 4) is 11.6 Å². The second-order valence-corrected chi connectivity index (χ2v) is 7.12. The Morgan fingerprint density at radius 3 is 2.65 bits per heavy atom. The van der Waals surface area contributed by atoms with Crippen molar-refractivity contribution < 1.29 is 14.3 Å². The van der Waals surface area contributed by atoms with Crippen LogP contribution in [0.4, 0.5) is 5.69 Å². The van der Waals surface area contributed by atoms with Gasteiger partial charge in [0.1, 0.15) is 5.75 Å². The topological polar surface area (TPSA) is 80.3 Å². The van der Waals surface area contributed by atoms with Gasteiger partial charge in [0.05, 0.1) is 18.4 Å². The summed E-state index contributed by atoms with van der Waals surface area (Å²) in [5.41, 5.74) is 0.535. The number of hydrogen-bond acceptors (Lipinski definition) is 4. The molecule has 2 N–H and O–H groups in total. The summed E-state index contributed by atoms with van der Waals surface area (Å²) in [7, 11) is 0. The lowest BCUT2D eigenvalue weighted by Gasteiger charge is -2.09. The molecule has 2 amide bonds. The summed E-state index contributed by atoms with van der Waals surface area (Å²) < 4.78 is 6.54. The smallest absolute Gasteiger partial charge is 0.243 e. The molecule has 0 spiro atoms. The van der Waals surface area contributed by atoms with Gasteiger partial charge in [0, 0.05) is 17.0 Å². The summed E-state index contributed by atoms with van der Waals surface area (Å²) >= 11 is 3.38. The maximum Gasteiger partial charge on any atom is 0.243 e. The molecular weight excluding hydrogens is 398 g/mol. The van der Waals surface area contributed by atoms with Crippen LogP contribution < -0.4 is 15.4 Å². The highest BCUT2D eigenvalue weighted by Gasteiger charge is 2.07. The van der Waals surface area contributed by atoms with Crippen molar-refractivity contribution in [3.05, 3.63) is 47.1 Å². The minimum Gasteiger partial charge on any atom is -0.439 e. The Kier molecular flexibility index (Phi) is 7.59. The SMILES string of the molecule is CC(C)CCC(=O)NCC(=O)Nc1ccc(Oc2cccc(Br)c2)nc1. The number of halogens is 1. The van der Waals surface area contributed by atoms with E-state index in [4.69, 9.17) is 4.74 Å². The van der Waals surface area contributed by atoms with Crippen molar-refractivity contribution in [2.45, 2.75) is 26.7 Å². The number of benzene rings is 1. The number of nitrogens with zero attached hydrogens (tertiary/aromatic N) is 1. The lowest BCUT2D eigenvalue weighted by Crippen LogP contribution is -2.32. The van der Waals surface area contributed by atoms with E-state index in [9.17, 15) is 9.59 Å². The molecule has 1 aromatic carbocycles. The van der Waals surface area contributed by atoms with Gasteiger partial charge in [-0.15, -0.1) is 0 Å². The molecule has 0 bridgehead atoms. The summed E-state index contributed by atoms with van der Waals surface area (Å²) in [4.78, 5) is 27.7. The zero-order valence-corrected chi connectivity index (χ0v) is 16.4. The van der Waals surface area contributed by atoms with Gasteiger partial charge in [-0.05, 0) is 36.6 Å². The molecule has 0 aliphatic rings. The summed E-state index contributed by atoms with van der Waals surface area (Å²) in [6.45, 7) is 4.04. The van der Waals surface area contributed by atoms with E-state index in [2.05, 4.69) is 45.4 Å². The van der Waals surface area contributed by atoms with E-state index >= 15 is 0 Å². The van der Waals surface area contributed by atoms with Gasteiger partial charge in [0.15, 0.2) is 0 Å². The third-order valence-electron chi connectivity index (χ3n) is 3.43.